The summed E-state index contributed by atoms with van der Waals surface area (Å²) in [5.74, 6) is 0.724. The third-order valence-corrected chi connectivity index (χ3v) is 5.17. The van der Waals surface area contributed by atoms with Gasteiger partial charge in [0.25, 0.3) is 0 Å². The molecule has 0 amide bonds. The van der Waals surface area contributed by atoms with Crippen molar-refractivity contribution in [2.45, 2.75) is 52.0 Å². The molecule has 1 aliphatic rings. The number of hydrogen-bond acceptors (Lipinski definition) is 2. The maximum Gasteiger partial charge on any atom is 0.0253 e. The number of thiophene rings is 1. The van der Waals surface area contributed by atoms with Crippen molar-refractivity contribution in [1.29, 1.82) is 0 Å². The zero-order valence-electron chi connectivity index (χ0n) is 10.7. The lowest BCUT2D eigenvalue weighted by Crippen LogP contribution is -2.46. The van der Waals surface area contributed by atoms with Crippen molar-refractivity contribution in [1.82, 2.24) is 5.32 Å². The van der Waals surface area contributed by atoms with Gasteiger partial charge in [0.05, 0.1) is 0 Å². The molecule has 2 heterocycles. The minimum absolute atomic E-state index is 0.371. The highest BCUT2D eigenvalue weighted by Gasteiger charge is 2.36. The van der Waals surface area contributed by atoms with Gasteiger partial charge in [-0.2, -0.15) is 0 Å². The first-order valence-corrected chi connectivity index (χ1v) is 7.30. The van der Waals surface area contributed by atoms with E-state index in [0.717, 1.165) is 5.92 Å². The lowest BCUT2D eigenvalue weighted by molar-refractivity contribution is 0.271. The number of aryl methyl sites for hydroxylation is 1. The highest BCUT2D eigenvalue weighted by Crippen LogP contribution is 2.33. The van der Waals surface area contributed by atoms with Gasteiger partial charge >= 0.3 is 0 Å². The highest BCUT2D eigenvalue weighted by molar-refractivity contribution is 7.12. The largest absolute Gasteiger partial charge is 0.311 e. The minimum atomic E-state index is 0.371. The van der Waals surface area contributed by atoms with E-state index in [2.05, 4.69) is 38.2 Å². The van der Waals surface area contributed by atoms with E-state index in [1.54, 1.807) is 4.88 Å². The molecule has 1 aromatic rings. The smallest absolute Gasteiger partial charge is 0.0253 e. The summed E-state index contributed by atoms with van der Waals surface area (Å²) >= 11 is 2.00. The van der Waals surface area contributed by atoms with Gasteiger partial charge in [0, 0.05) is 21.7 Å². The average Bonchev–Trinajstić information content (AvgIpc) is 2.88. The van der Waals surface area contributed by atoms with E-state index in [1.807, 2.05) is 11.3 Å². The van der Waals surface area contributed by atoms with Gasteiger partial charge in [0.15, 0.2) is 0 Å². The summed E-state index contributed by atoms with van der Waals surface area (Å²) in [4.78, 5) is 3.08. The van der Waals surface area contributed by atoms with Crippen LogP contribution in [0.25, 0.3) is 0 Å². The molecule has 1 atom stereocenters. The molecule has 90 valence electrons. The summed E-state index contributed by atoms with van der Waals surface area (Å²) in [5, 5.41) is 3.75. The van der Waals surface area contributed by atoms with Crippen LogP contribution in [0.2, 0.25) is 0 Å². The van der Waals surface area contributed by atoms with Crippen LogP contribution in [0, 0.1) is 5.92 Å². The maximum atomic E-state index is 3.75. The Morgan fingerprint density at radius 3 is 2.62 bits per heavy atom. The van der Waals surface area contributed by atoms with Crippen molar-refractivity contribution in [3.8, 4) is 0 Å². The normalized spacial score (nSPS) is 25.5. The molecule has 2 rings (SSSR count). The minimum Gasteiger partial charge on any atom is -0.311 e. The predicted octanol–water partition coefficient (Wildman–Crippen LogP) is 3.63. The molecule has 0 aromatic carbocycles. The Balaban J connectivity index is 2.11. The van der Waals surface area contributed by atoms with Gasteiger partial charge in [-0.05, 0) is 43.9 Å². The molecule has 1 fully saturated rings. The Morgan fingerprint density at radius 2 is 2.12 bits per heavy atom. The van der Waals surface area contributed by atoms with E-state index in [9.17, 15) is 0 Å². The van der Waals surface area contributed by atoms with Crippen LogP contribution >= 0.6 is 11.3 Å². The van der Waals surface area contributed by atoms with E-state index < -0.39 is 0 Å². The second-order valence-corrected chi connectivity index (χ2v) is 6.49. The zero-order chi connectivity index (χ0) is 11.6. The van der Waals surface area contributed by atoms with Crippen molar-refractivity contribution in [2.75, 3.05) is 6.54 Å². The Hall–Kier alpha value is -0.340. The highest BCUT2D eigenvalue weighted by atomic mass is 32.1. The van der Waals surface area contributed by atoms with E-state index >= 15 is 0 Å². The van der Waals surface area contributed by atoms with Crippen molar-refractivity contribution in [3.63, 3.8) is 0 Å². The first-order chi connectivity index (χ1) is 7.66. The molecule has 0 spiro atoms. The second-order valence-electron chi connectivity index (χ2n) is 5.24. The molecule has 16 heavy (non-hydrogen) atoms. The van der Waals surface area contributed by atoms with Crippen LogP contribution < -0.4 is 5.32 Å². The topological polar surface area (TPSA) is 12.0 Å². The first-order valence-electron chi connectivity index (χ1n) is 6.49. The summed E-state index contributed by atoms with van der Waals surface area (Å²) in [6.07, 6.45) is 5.07. The quantitative estimate of drug-likeness (QED) is 0.843. The molecule has 0 bridgehead atoms. The monoisotopic (exact) mass is 237 g/mol. The summed E-state index contributed by atoms with van der Waals surface area (Å²) in [7, 11) is 0. The molecule has 0 radical (unpaired) electrons. The van der Waals surface area contributed by atoms with E-state index in [-0.39, 0.29) is 0 Å². The number of nitrogens with one attached hydrogen (secondary N) is 1. The fourth-order valence-corrected chi connectivity index (χ4v) is 3.78. The molecule has 1 unspecified atom stereocenters. The zero-order valence-corrected chi connectivity index (χ0v) is 11.5. The average molecular weight is 237 g/mol. The fourth-order valence-electron chi connectivity index (χ4n) is 2.70. The Kier molecular flexibility index (Phi) is 3.70. The summed E-state index contributed by atoms with van der Waals surface area (Å²) in [6, 6.07) is 4.62. The third kappa shape index (κ3) is 2.33. The van der Waals surface area contributed by atoms with Gasteiger partial charge in [0.2, 0.25) is 0 Å². The second kappa shape index (κ2) is 4.89. The van der Waals surface area contributed by atoms with Gasteiger partial charge in [0.1, 0.15) is 0 Å². The van der Waals surface area contributed by atoms with Crippen molar-refractivity contribution in [3.05, 3.63) is 21.9 Å². The van der Waals surface area contributed by atoms with Gasteiger partial charge in [-0.25, -0.2) is 0 Å². The van der Waals surface area contributed by atoms with Crippen LogP contribution in [0.3, 0.4) is 0 Å². The molecule has 1 N–H and O–H groups in total. The number of rotatable bonds is 4. The molecule has 1 aromatic heterocycles. The molecular formula is C14H23NS. The van der Waals surface area contributed by atoms with E-state index in [0.29, 0.717) is 5.54 Å². The van der Waals surface area contributed by atoms with Gasteiger partial charge < -0.3 is 5.32 Å². The van der Waals surface area contributed by atoms with Crippen LogP contribution in [0.15, 0.2) is 12.1 Å². The summed E-state index contributed by atoms with van der Waals surface area (Å²) in [6.45, 7) is 8.14. The Morgan fingerprint density at radius 1 is 1.38 bits per heavy atom. The third-order valence-electron chi connectivity index (χ3n) is 3.94. The first kappa shape index (κ1) is 12.1. The van der Waals surface area contributed by atoms with Gasteiger partial charge in [-0.3, -0.25) is 0 Å². The van der Waals surface area contributed by atoms with E-state index in [4.69, 9.17) is 0 Å². The van der Waals surface area contributed by atoms with Crippen LogP contribution in [0.5, 0.6) is 0 Å². The van der Waals surface area contributed by atoms with Gasteiger partial charge in [-0.1, -0.05) is 20.8 Å². The maximum absolute atomic E-state index is 3.75. The van der Waals surface area contributed by atoms with Crippen LogP contribution in [0.4, 0.5) is 0 Å². The van der Waals surface area contributed by atoms with Crippen LogP contribution in [0.1, 0.15) is 43.4 Å². The summed E-state index contributed by atoms with van der Waals surface area (Å²) in [5.41, 5.74) is 0.371. The molecule has 1 saturated heterocycles. The lowest BCUT2D eigenvalue weighted by atomic mass is 9.81. The molecule has 1 aliphatic heterocycles. The van der Waals surface area contributed by atoms with Crippen molar-refractivity contribution < 1.29 is 0 Å². The SMILES string of the molecule is CCc1ccc(CC2(C(C)C)CCCN2)s1. The fraction of sp³-hybridized carbons (Fsp3) is 0.714. The standard InChI is InChI=1S/C14H23NS/c1-4-12-6-7-13(16-12)10-14(11(2)3)8-5-9-15-14/h6-7,11,15H,4-5,8-10H2,1-3H3. The van der Waals surface area contributed by atoms with Crippen LogP contribution in [-0.2, 0) is 12.8 Å². The van der Waals surface area contributed by atoms with Gasteiger partial charge in [-0.15, -0.1) is 11.3 Å². The molecule has 1 nitrogen and oxygen atoms in total. The van der Waals surface area contributed by atoms with Crippen LogP contribution in [-0.4, -0.2) is 12.1 Å². The summed E-state index contributed by atoms with van der Waals surface area (Å²) < 4.78 is 0. The van der Waals surface area contributed by atoms with E-state index in [1.165, 1.54) is 37.1 Å². The Bertz CT molecular complexity index is 334. The molecule has 2 heteroatoms. The van der Waals surface area contributed by atoms with Crippen molar-refractivity contribution in [2.24, 2.45) is 5.92 Å². The molecule has 0 saturated carbocycles. The number of hydrogen-bond donors (Lipinski definition) is 1. The predicted molar refractivity (Wildman–Crippen MR) is 72.2 cm³/mol. The molecule has 0 aliphatic carbocycles. The van der Waals surface area contributed by atoms with Crippen molar-refractivity contribution >= 4 is 11.3 Å². The Labute approximate surface area is 103 Å². The molecular weight excluding hydrogens is 214 g/mol. The lowest BCUT2D eigenvalue weighted by Gasteiger charge is -2.33.